The molecule has 14 heavy (non-hydrogen) atoms. The molecule has 0 aromatic carbocycles. The molecule has 3 nitrogen and oxygen atoms in total. The summed E-state index contributed by atoms with van der Waals surface area (Å²) in [5.74, 6) is 0.748. The van der Waals surface area contributed by atoms with E-state index in [0.29, 0.717) is 17.3 Å². The molecule has 1 aromatic heterocycles. The molecule has 0 fully saturated rings. The van der Waals surface area contributed by atoms with E-state index < -0.39 is 0 Å². The van der Waals surface area contributed by atoms with Gasteiger partial charge in [0, 0.05) is 12.6 Å². The highest BCUT2D eigenvalue weighted by Crippen LogP contribution is 2.20. The van der Waals surface area contributed by atoms with Crippen LogP contribution in [0.3, 0.4) is 0 Å². The van der Waals surface area contributed by atoms with Crippen LogP contribution in [0.25, 0.3) is 0 Å². The van der Waals surface area contributed by atoms with Crippen molar-refractivity contribution in [2.24, 2.45) is 7.05 Å². The molecular formula is C11H19N3. The zero-order chi connectivity index (χ0) is 10.9. The lowest BCUT2D eigenvalue weighted by molar-refractivity contribution is 0.673. The molecule has 78 valence electrons. The number of nitrogens with one attached hydrogen (secondary N) is 1. The highest BCUT2D eigenvalue weighted by atomic mass is 15.0. The molecular weight excluding hydrogens is 174 g/mol. The predicted molar refractivity (Wildman–Crippen MR) is 57.2 cm³/mol. The lowest BCUT2D eigenvalue weighted by Gasteiger charge is -2.16. The van der Waals surface area contributed by atoms with Gasteiger partial charge in [0.25, 0.3) is 0 Å². The Hall–Kier alpha value is -1.12. The Kier molecular flexibility index (Phi) is 3.09. The van der Waals surface area contributed by atoms with Crippen LogP contribution in [0.2, 0.25) is 0 Å². The highest BCUT2D eigenvalue weighted by Gasteiger charge is 2.13. The Morgan fingerprint density at radius 3 is 2.21 bits per heavy atom. The number of aryl methyl sites for hydroxylation is 1. The SMILES string of the molecule is CC(C)c1ncn(C)c(=N)c1C(C)C. The maximum absolute atomic E-state index is 7.98. The van der Waals surface area contributed by atoms with Crippen molar-refractivity contribution in [3.63, 3.8) is 0 Å². The van der Waals surface area contributed by atoms with Crippen molar-refractivity contribution in [1.29, 1.82) is 5.41 Å². The summed E-state index contributed by atoms with van der Waals surface area (Å²) in [6.07, 6.45) is 1.73. The van der Waals surface area contributed by atoms with Crippen LogP contribution in [0.4, 0.5) is 0 Å². The van der Waals surface area contributed by atoms with Crippen LogP contribution in [0.1, 0.15) is 50.8 Å². The molecule has 0 aliphatic heterocycles. The fourth-order valence-corrected chi connectivity index (χ4v) is 1.62. The van der Waals surface area contributed by atoms with E-state index in [-0.39, 0.29) is 0 Å². The fourth-order valence-electron chi connectivity index (χ4n) is 1.62. The van der Waals surface area contributed by atoms with Crippen LogP contribution >= 0.6 is 0 Å². The molecule has 0 aliphatic rings. The van der Waals surface area contributed by atoms with Gasteiger partial charge in [0.05, 0.1) is 12.0 Å². The molecule has 0 radical (unpaired) electrons. The molecule has 0 saturated heterocycles. The smallest absolute Gasteiger partial charge is 0.130 e. The normalized spacial score (nSPS) is 11.4. The van der Waals surface area contributed by atoms with Crippen molar-refractivity contribution < 1.29 is 0 Å². The molecule has 3 heteroatoms. The minimum Gasteiger partial charge on any atom is -0.320 e. The van der Waals surface area contributed by atoms with Crippen LogP contribution in [-0.2, 0) is 7.05 Å². The molecule has 0 spiro atoms. The van der Waals surface area contributed by atoms with Crippen molar-refractivity contribution >= 4 is 0 Å². The van der Waals surface area contributed by atoms with Gasteiger partial charge < -0.3 is 4.57 Å². The fraction of sp³-hybridized carbons (Fsp3) is 0.636. The molecule has 0 aliphatic carbocycles. The van der Waals surface area contributed by atoms with Gasteiger partial charge in [-0.05, 0) is 11.8 Å². The topological polar surface area (TPSA) is 41.7 Å². The Balaban J connectivity index is 3.46. The molecule has 0 atom stereocenters. The standard InChI is InChI=1S/C11H19N3/c1-7(2)9-10(8(3)4)13-6-14(5)11(9)12/h6-8,12H,1-5H3. The number of nitrogens with zero attached hydrogens (tertiary/aromatic N) is 2. The summed E-state index contributed by atoms with van der Waals surface area (Å²) in [5.41, 5.74) is 2.71. The average Bonchev–Trinajstić information content (AvgIpc) is 2.08. The molecule has 0 amide bonds. The summed E-state index contributed by atoms with van der Waals surface area (Å²) in [5, 5.41) is 7.98. The van der Waals surface area contributed by atoms with Crippen molar-refractivity contribution in [2.45, 2.75) is 39.5 Å². The third-order valence-corrected chi connectivity index (χ3v) is 2.38. The Labute approximate surface area is 85.3 Å². The minimum atomic E-state index is 0.361. The monoisotopic (exact) mass is 193 g/mol. The molecule has 1 rings (SSSR count). The maximum atomic E-state index is 7.98. The third-order valence-electron chi connectivity index (χ3n) is 2.38. The van der Waals surface area contributed by atoms with Gasteiger partial charge in [-0.2, -0.15) is 0 Å². The summed E-state index contributed by atoms with van der Waals surface area (Å²) >= 11 is 0. The second-order valence-electron chi connectivity index (χ2n) is 4.31. The average molecular weight is 193 g/mol. The molecule has 0 bridgehead atoms. The predicted octanol–water partition coefficient (Wildman–Crippen LogP) is 2.15. The van der Waals surface area contributed by atoms with E-state index in [2.05, 4.69) is 32.7 Å². The summed E-state index contributed by atoms with van der Waals surface area (Å²) < 4.78 is 1.77. The van der Waals surface area contributed by atoms with Gasteiger partial charge in [0.1, 0.15) is 5.49 Å². The molecule has 1 N–H and O–H groups in total. The second kappa shape index (κ2) is 3.95. The lowest BCUT2D eigenvalue weighted by atomic mass is 9.96. The van der Waals surface area contributed by atoms with Crippen LogP contribution < -0.4 is 5.49 Å². The first kappa shape index (κ1) is 11.0. The van der Waals surface area contributed by atoms with Crippen LogP contribution in [-0.4, -0.2) is 9.55 Å². The van der Waals surface area contributed by atoms with E-state index in [1.165, 1.54) is 0 Å². The van der Waals surface area contributed by atoms with Crippen LogP contribution in [0.15, 0.2) is 6.33 Å². The quantitative estimate of drug-likeness (QED) is 0.768. The van der Waals surface area contributed by atoms with Gasteiger partial charge in [-0.15, -0.1) is 0 Å². The zero-order valence-electron chi connectivity index (χ0n) is 9.63. The summed E-state index contributed by atoms with van der Waals surface area (Å²) in [6.45, 7) is 8.46. The summed E-state index contributed by atoms with van der Waals surface area (Å²) in [7, 11) is 1.87. The minimum absolute atomic E-state index is 0.361. The molecule has 1 heterocycles. The first-order valence-electron chi connectivity index (χ1n) is 5.05. The van der Waals surface area contributed by atoms with Gasteiger partial charge in [0.2, 0.25) is 0 Å². The Morgan fingerprint density at radius 2 is 1.79 bits per heavy atom. The van der Waals surface area contributed by atoms with Crippen molar-refractivity contribution in [3.8, 4) is 0 Å². The number of hydrogen-bond acceptors (Lipinski definition) is 2. The lowest BCUT2D eigenvalue weighted by Crippen LogP contribution is -2.25. The van der Waals surface area contributed by atoms with E-state index in [1.807, 2.05) is 7.05 Å². The van der Waals surface area contributed by atoms with Crippen molar-refractivity contribution in [1.82, 2.24) is 9.55 Å². The molecule has 1 aromatic rings. The van der Waals surface area contributed by atoms with Gasteiger partial charge >= 0.3 is 0 Å². The van der Waals surface area contributed by atoms with Gasteiger partial charge in [0.15, 0.2) is 0 Å². The number of hydrogen-bond donors (Lipinski definition) is 1. The van der Waals surface area contributed by atoms with Gasteiger partial charge in [-0.3, -0.25) is 5.41 Å². The first-order chi connectivity index (χ1) is 6.45. The summed E-state index contributed by atoms with van der Waals surface area (Å²) in [6, 6.07) is 0. The van der Waals surface area contributed by atoms with Gasteiger partial charge in [-0.25, -0.2) is 4.98 Å². The van der Waals surface area contributed by atoms with E-state index >= 15 is 0 Å². The largest absolute Gasteiger partial charge is 0.320 e. The Morgan fingerprint density at radius 1 is 1.21 bits per heavy atom. The Bertz CT molecular complexity index is 375. The first-order valence-corrected chi connectivity index (χ1v) is 5.05. The van der Waals surface area contributed by atoms with E-state index in [4.69, 9.17) is 5.41 Å². The summed E-state index contributed by atoms with van der Waals surface area (Å²) in [4.78, 5) is 4.40. The second-order valence-corrected chi connectivity index (χ2v) is 4.31. The third kappa shape index (κ3) is 1.86. The molecule has 0 saturated carbocycles. The zero-order valence-corrected chi connectivity index (χ0v) is 9.63. The number of aromatic nitrogens is 2. The number of rotatable bonds is 2. The van der Waals surface area contributed by atoms with E-state index in [1.54, 1.807) is 10.9 Å². The van der Waals surface area contributed by atoms with E-state index in [9.17, 15) is 0 Å². The highest BCUT2D eigenvalue weighted by molar-refractivity contribution is 5.22. The van der Waals surface area contributed by atoms with Gasteiger partial charge in [-0.1, -0.05) is 27.7 Å². The maximum Gasteiger partial charge on any atom is 0.130 e. The molecule has 0 unspecified atom stereocenters. The van der Waals surface area contributed by atoms with E-state index in [0.717, 1.165) is 11.3 Å². The van der Waals surface area contributed by atoms with Crippen molar-refractivity contribution in [3.05, 3.63) is 23.1 Å². The van der Waals surface area contributed by atoms with Crippen molar-refractivity contribution in [2.75, 3.05) is 0 Å². The van der Waals surface area contributed by atoms with Crippen LogP contribution in [0.5, 0.6) is 0 Å². The van der Waals surface area contributed by atoms with Crippen LogP contribution in [0, 0.1) is 5.41 Å².